The van der Waals surface area contributed by atoms with Crippen molar-refractivity contribution in [3.63, 3.8) is 0 Å². The van der Waals surface area contributed by atoms with E-state index in [0.717, 1.165) is 12.1 Å². The Morgan fingerprint density at radius 2 is 1.68 bits per heavy atom. The fraction of sp³-hybridized carbons (Fsp3) is 0.364. The molecule has 19 heavy (non-hydrogen) atoms. The Balaban J connectivity index is 0.00000324. The summed E-state index contributed by atoms with van der Waals surface area (Å²) in [4.78, 5) is 11.0. The van der Waals surface area contributed by atoms with Crippen LogP contribution < -0.4 is 34.9 Å². The number of carbonyl (C=O) groups is 1. The van der Waals surface area contributed by atoms with Gasteiger partial charge in [-0.15, -0.1) is 0 Å². The third-order valence-corrected chi connectivity index (χ3v) is 2.64. The molecule has 0 aliphatic heterocycles. The van der Waals surface area contributed by atoms with Crippen molar-refractivity contribution in [3.05, 3.63) is 24.3 Å². The first-order valence-electron chi connectivity index (χ1n) is 5.14. The summed E-state index contributed by atoms with van der Waals surface area (Å²) in [6.45, 7) is 5.17. The van der Waals surface area contributed by atoms with Crippen molar-refractivity contribution in [3.8, 4) is 0 Å². The number of amides is 1. The SMILES string of the molecule is CC(C)(C)OC(=O)Nc1ccc(S(=O)(=O)[O-])cc1.[Na+]. The Bertz CT molecular complexity index is 533. The normalized spacial score (nSPS) is 11.4. The number of anilines is 1. The summed E-state index contributed by atoms with van der Waals surface area (Å²) in [6, 6.07) is 4.87. The zero-order valence-electron chi connectivity index (χ0n) is 11.3. The van der Waals surface area contributed by atoms with E-state index in [2.05, 4.69) is 5.32 Å². The first-order chi connectivity index (χ1) is 8.08. The molecule has 1 aromatic rings. The molecule has 1 rings (SSSR count). The molecule has 1 aromatic carbocycles. The van der Waals surface area contributed by atoms with Gasteiger partial charge in [0.1, 0.15) is 15.7 Å². The Kier molecular flexibility index (Phi) is 6.50. The minimum Gasteiger partial charge on any atom is -0.744 e. The van der Waals surface area contributed by atoms with Crippen molar-refractivity contribution >= 4 is 21.9 Å². The topological polar surface area (TPSA) is 95.5 Å². The predicted octanol–water partition coefficient (Wildman–Crippen LogP) is -1.06. The Hall–Kier alpha value is -0.600. The van der Waals surface area contributed by atoms with Gasteiger partial charge in [-0.05, 0) is 45.0 Å². The summed E-state index contributed by atoms with van der Waals surface area (Å²) in [5, 5.41) is 2.42. The molecule has 0 saturated carbocycles. The van der Waals surface area contributed by atoms with Gasteiger partial charge in [-0.1, -0.05) is 0 Å². The van der Waals surface area contributed by atoms with Gasteiger partial charge < -0.3 is 9.29 Å². The first-order valence-corrected chi connectivity index (χ1v) is 6.55. The molecular weight excluding hydrogens is 281 g/mol. The van der Waals surface area contributed by atoms with Gasteiger partial charge in [0, 0.05) is 5.69 Å². The summed E-state index contributed by atoms with van der Waals surface area (Å²) in [6.07, 6.45) is -0.653. The van der Waals surface area contributed by atoms with Crippen LogP contribution >= 0.6 is 0 Å². The van der Waals surface area contributed by atoms with Gasteiger partial charge in [0.25, 0.3) is 0 Å². The maximum absolute atomic E-state index is 11.4. The fourth-order valence-corrected chi connectivity index (χ4v) is 1.60. The van der Waals surface area contributed by atoms with E-state index < -0.39 is 21.8 Å². The number of ether oxygens (including phenoxy) is 1. The average molecular weight is 295 g/mol. The summed E-state index contributed by atoms with van der Waals surface area (Å²) < 4.78 is 37.1. The van der Waals surface area contributed by atoms with Crippen LogP contribution in [0.1, 0.15) is 20.8 Å². The molecule has 6 nitrogen and oxygen atoms in total. The quantitative estimate of drug-likeness (QED) is 0.554. The van der Waals surface area contributed by atoms with Crippen molar-refractivity contribution in [2.45, 2.75) is 31.3 Å². The van der Waals surface area contributed by atoms with E-state index in [1.807, 2.05) is 0 Å². The molecule has 0 aliphatic carbocycles. The van der Waals surface area contributed by atoms with Crippen LogP contribution in [-0.2, 0) is 14.9 Å². The molecule has 0 aliphatic rings. The van der Waals surface area contributed by atoms with Crippen molar-refractivity contribution in [2.75, 3.05) is 5.32 Å². The second-order valence-corrected chi connectivity index (χ2v) is 5.99. The summed E-state index contributed by atoms with van der Waals surface area (Å²) in [7, 11) is -4.47. The van der Waals surface area contributed by atoms with Crippen LogP contribution in [0, 0.1) is 0 Å². The number of nitrogens with one attached hydrogen (secondary N) is 1. The molecule has 0 atom stereocenters. The summed E-state index contributed by atoms with van der Waals surface area (Å²) in [5.74, 6) is 0. The number of benzene rings is 1. The van der Waals surface area contributed by atoms with E-state index in [1.54, 1.807) is 20.8 Å². The van der Waals surface area contributed by atoms with Crippen LogP contribution in [0.2, 0.25) is 0 Å². The summed E-state index contributed by atoms with van der Waals surface area (Å²) >= 11 is 0. The standard InChI is InChI=1S/C11H15NO5S.Na/c1-11(2,3)17-10(13)12-8-4-6-9(7-5-8)18(14,15)16;/h4-7H,1-3H3,(H,12,13)(H,14,15,16);/q;+1/p-1. The van der Waals surface area contributed by atoms with Gasteiger partial charge in [0.05, 0.1) is 4.90 Å². The van der Waals surface area contributed by atoms with Gasteiger partial charge in [-0.25, -0.2) is 13.2 Å². The number of hydrogen-bond acceptors (Lipinski definition) is 5. The Labute approximate surface area is 134 Å². The van der Waals surface area contributed by atoms with Gasteiger partial charge in [0.15, 0.2) is 0 Å². The van der Waals surface area contributed by atoms with Crippen LogP contribution in [0.15, 0.2) is 29.2 Å². The number of carbonyl (C=O) groups excluding carboxylic acids is 1. The molecule has 0 bridgehead atoms. The van der Waals surface area contributed by atoms with Gasteiger partial charge in [0.2, 0.25) is 0 Å². The summed E-state index contributed by atoms with van der Waals surface area (Å²) in [5.41, 5.74) is -0.279. The van der Waals surface area contributed by atoms with Crippen molar-refractivity contribution < 1.29 is 52.1 Å². The van der Waals surface area contributed by atoms with Crippen LogP contribution in [0.4, 0.5) is 10.5 Å². The number of hydrogen-bond donors (Lipinski definition) is 1. The van der Waals surface area contributed by atoms with Crippen LogP contribution in [-0.4, -0.2) is 24.7 Å². The van der Waals surface area contributed by atoms with Crippen molar-refractivity contribution in [1.29, 1.82) is 0 Å². The third kappa shape index (κ3) is 6.93. The van der Waals surface area contributed by atoms with Crippen molar-refractivity contribution in [1.82, 2.24) is 0 Å². The molecule has 0 radical (unpaired) electrons. The van der Waals surface area contributed by atoms with E-state index in [1.165, 1.54) is 12.1 Å². The fourth-order valence-electron chi connectivity index (χ4n) is 1.13. The van der Waals surface area contributed by atoms with Crippen LogP contribution in [0.5, 0.6) is 0 Å². The maximum Gasteiger partial charge on any atom is 1.00 e. The monoisotopic (exact) mass is 295 g/mol. The van der Waals surface area contributed by atoms with Crippen LogP contribution in [0.3, 0.4) is 0 Å². The Morgan fingerprint density at radius 3 is 2.05 bits per heavy atom. The molecule has 1 N–H and O–H groups in total. The van der Waals surface area contributed by atoms with Gasteiger partial charge in [-0.2, -0.15) is 0 Å². The molecule has 0 heterocycles. The minimum absolute atomic E-state index is 0. The van der Waals surface area contributed by atoms with E-state index >= 15 is 0 Å². The second-order valence-electron chi connectivity index (χ2n) is 4.61. The zero-order valence-corrected chi connectivity index (χ0v) is 14.1. The molecule has 8 heteroatoms. The predicted molar refractivity (Wildman–Crippen MR) is 64.3 cm³/mol. The maximum atomic E-state index is 11.4. The molecular formula is C11H14NNaO5S. The van der Waals surface area contributed by atoms with Crippen molar-refractivity contribution in [2.24, 2.45) is 0 Å². The van der Waals surface area contributed by atoms with Gasteiger partial charge in [-0.3, -0.25) is 5.32 Å². The van der Waals surface area contributed by atoms with E-state index in [0.29, 0.717) is 5.69 Å². The Morgan fingerprint density at radius 1 is 1.21 bits per heavy atom. The molecule has 0 aromatic heterocycles. The molecule has 100 valence electrons. The molecule has 1 amide bonds. The molecule has 0 spiro atoms. The van der Waals surface area contributed by atoms with Crippen LogP contribution in [0.25, 0.3) is 0 Å². The third-order valence-electron chi connectivity index (χ3n) is 1.79. The van der Waals surface area contributed by atoms with E-state index in [4.69, 9.17) is 4.74 Å². The smallest absolute Gasteiger partial charge is 0.744 e. The minimum atomic E-state index is -4.47. The van der Waals surface area contributed by atoms with Gasteiger partial charge >= 0.3 is 35.7 Å². The second kappa shape index (κ2) is 6.71. The molecule has 0 saturated heterocycles. The molecule has 0 fully saturated rings. The van der Waals surface area contributed by atoms with E-state index in [9.17, 15) is 17.8 Å². The zero-order chi connectivity index (χ0) is 14.0. The number of rotatable bonds is 2. The largest absolute Gasteiger partial charge is 1.00 e. The first kappa shape index (κ1) is 18.4. The van der Waals surface area contributed by atoms with E-state index in [-0.39, 0.29) is 34.5 Å². The molecule has 0 unspecified atom stereocenters. The average Bonchev–Trinajstić information content (AvgIpc) is 2.13.